The first-order valence-corrected chi connectivity index (χ1v) is 8.21. The molecule has 114 valence electrons. The van der Waals surface area contributed by atoms with Crippen molar-refractivity contribution in [2.24, 2.45) is 11.7 Å². The molecule has 1 saturated carbocycles. The van der Waals surface area contributed by atoms with E-state index in [2.05, 4.69) is 35.3 Å². The fourth-order valence-electron chi connectivity index (χ4n) is 4.89. The largest absolute Gasteiger partial charge is 0.370 e. The van der Waals surface area contributed by atoms with Crippen LogP contribution in [0.2, 0.25) is 0 Å². The first-order valence-electron chi connectivity index (χ1n) is 8.21. The summed E-state index contributed by atoms with van der Waals surface area (Å²) in [6.45, 7) is 2.54. The third-order valence-electron chi connectivity index (χ3n) is 5.55. The highest BCUT2D eigenvalue weighted by Crippen LogP contribution is 2.53. The molecule has 3 aliphatic rings. The van der Waals surface area contributed by atoms with Gasteiger partial charge in [0.15, 0.2) is 0 Å². The minimum absolute atomic E-state index is 0.333. The molecule has 2 aliphatic carbocycles. The molecular weight excluding hydrogens is 260 g/mol. The number of carbonyl (C=O) groups excluding carboxylic acids is 1. The smallest absolute Gasteiger partial charge is 0.214 e. The first-order chi connectivity index (χ1) is 10.1. The summed E-state index contributed by atoms with van der Waals surface area (Å²) in [7, 11) is 0. The van der Waals surface area contributed by atoms with Gasteiger partial charge in [0.25, 0.3) is 0 Å². The molecular formula is C18H26N2O. The summed E-state index contributed by atoms with van der Waals surface area (Å²) in [5.41, 5.74) is 8.36. The summed E-state index contributed by atoms with van der Waals surface area (Å²) >= 11 is 0. The summed E-state index contributed by atoms with van der Waals surface area (Å²) in [6.07, 6.45) is 8.41. The number of amides is 1. The zero-order chi connectivity index (χ0) is 14.9. The van der Waals surface area contributed by atoms with E-state index in [4.69, 9.17) is 0 Å². The van der Waals surface area contributed by atoms with Gasteiger partial charge in [-0.15, -0.1) is 0 Å². The number of benzene rings is 1. The van der Waals surface area contributed by atoms with Crippen molar-refractivity contribution in [2.75, 3.05) is 6.54 Å². The van der Waals surface area contributed by atoms with Crippen LogP contribution in [-0.4, -0.2) is 18.5 Å². The molecule has 4 rings (SSSR count). The van der Waals surface area contributed by atoms with E-state index in [-0.39, 0.29) is 5.91 Å². The number of hydrogen-bond donors (Lipinski definition) is 2. The molecule has 0 aromatic heterocycles. The lowest BCUT2D eigenvalue weighted by atomic mass is 9.53. The van der Waals surface area contributed by atoms with E-state index in [1.54, 1.807) is 11.1 Å². The number of carbonyl (C=O) groups is 1. The van der Waals surface area contributed by atoms with Gasteiger partial charge in [0.2, 0.25) is 5.91 Å². The van der Waals surface area contributed by atoms with Crippen molar-refractivity contribution in [1.29, 1.82) is 0 Å². The lowest BCUT2D eigenvalue weighted by molar-refractivity contribution is -0.115. The second-order valence-electron chi connectivity index (χ2n) is 6.79. The Morgan fingerprint density at radius 2 is 2.05 bits per heavy atom. The van der Waals surface area contributed by atoms with Gasteiger partial charge in [0.05, 0.1) is 0 Å². The topological polar surface area (TPSA) is 55.1 Å². The highest BCUT2D eigenvalue weighted by Gasteiger charge is 2.51. The van der Waals surface area contributed by atoms with E-state index in [9.17, 15) is 4.79 Å². The third-order valence-corrected chi connectivity index (χ3v) is 5.55. The Labute approximate surface area is 127 Å². The van der Waals surface area contributed by atoms with Crippen LogP contribution in [0.15, 0.2) is 24.3 Å². The minimum atomic E-state index is -0.333. The molecule has 1 aromatic rings. The van der Waals surface area contributed by atoms with Crippen LogP contribution in [0.4, 0.5) is 0 Å². The number of hydrogen-bond acceptors (Lipinski definition) is 2. The predicted octanol–water partition coefficient (Wildman–Crippen LogP) is 2.52. The highest BCUT2D eigenvalue weighted by atomic mass is 16.1. The summed E-state index contributed by atoms with van der Waals surface area (Å²) in [5.74, 6) is 0.583. The molecule has 1 aromatic carbocycles. The monoisotopic (exact) mass is 286 g/mol. The lowest BCUT2D eigenvalue weighted by Crippen LogP contribution is -2.59. The summed E-state index contributed by atoms with van der Waals surface area (Å²) in [4.78, 5) is 9.22. The van der Waals surface area contributed by atoms with Crippen LogP contribution in [0.3, 0.4) is 0 Å². The highest BCUT2D eigenvalue weighted by molar-refractivity contribution is 5.70. The standard InChI is InChI=1S/C16H21N.C2H5NO/c1-2-6-13-12(5-1)11-15-14-7-3-4-8-16(13,14)9-10-17-15;1-2(3)4/h1-2,5-6,14-15,17H,3-4,7-11H2;1H3,(H2,3,4)/t14-,15+,16-;/m0./s1. The fourth-order valence-corrected chi connectivity index (χ4v) is 4.89. The Bertz CT molecular complexity index is 520. The maximum atomic E-state index is 9.22. The summed E-state index contributed by atoms with van der Waals surface area (Å²) in [5, 5.41) is 3.79. The van der Waals surface area contributed by atoms with Crippen LogP contribution in [0.25, 0.3) is 0 Å². The minimum Gasteiger partial charge on any atom is -0.370 e. The Hall–Kier alpha value is -1.35. The van der Waals surface area contributed by atoms with Crippen molar-refractivity contribution < 1.29 is 4.79 Å². The van der Waals surface area contributed by atoms with Gasteiger partial charge in [0, 0.05) is 18.4 Å². The number of rotatable bonds is 0. The quantitative estimate of drug-likeness (QED) is 0.770. The van der Waals surface area contributed by atoms with Crippen molar-refractivity contribution in [2.45, 2.75) is 56.9 Å². The molecule has 1 aliphatic heterocycles. The van der Waals surface area contributed by atoms with Gasteiger partial charge < -0.3 is 11.1 Å². The molecule has 0 spiro atoms. The zero-order valence-corrected chi connectivity index (χ0v) is 12.9. The molecule has 3 nitrogen and oxygen atoms in total. The Morgan fingerprint density at radius 1 is 1.29 bits per heavy atom. The maximum Gasteiger partial charge on any atom is 0.214 e. The van der Waals surface area contributed by atoms with Crippen LogP contribution in [0.1, 0.15) is 50.2 Å². The summed E-state index contributed by atoms with van der Waals surface area (Å²) < 4.78 is 0. The van der Waals surface area contributed by atoms with Crippen LogP contribution >= 0.6 is 0 Å². The third kappa shape index (κ3) is 2.59. The average Bonchev–Trinajstić information content (AvgIpc) is 2.46. The van der Waals surface area contributed by atoms with Crippen LogP contribution in [0.5, 0.6) is 0 Å². The second-order valence-corrected chi connectivity index (χ2v) is 6.79. The van der Waals surface area contributed by atoms with Crippen molar-refractivity contribution >= 4 is 5.91 Å². The molecule has 21 heavy (non-hydrogen) atoms. The number of nitrogens with one attached hydrogen (secondary N) is 1. The number of primary amides is 1. The molecule has 1 heterocycles. The SMILES string of the molecule is CC(N)=O.c1ccc2c(c1)C[C@H]1NCC[C@@]23CCCC[C@@H]13. The van der Waals surface area contributed by atoms with E-state index in [1.165, 1.54) is 52.0 Å². The van der Waals surface area contributed by atoms with Gasteiger partial charge in [-0.1, -0.05) is 37.1 Å². The lowest BCUT2D eigenvalue weighted by Gasteiger charge is -2.56. The molecule has 3 N–H and O–H groups in total. The van der Waals surface area contributed by atoms with Gasteiger partial charge in [-0.05, 0) is 49.3 Å². The molecule has 3 atom stereocenters. The molecule has 1 saturated heterocycles. The Morgan fingerprint density at radius 3 is 2.86 bits per heavy atom. The predicted molar refractivity (Wildman–Crippen MR) is 85.1 cm³/mol. The van der Waals surface area contributed by atoms with E-state index >= 15 is 0 Å². The van der Waals surface area contributed by atoms with E-state index in [0.717, 1.165) is 12.0 Å². The van der Waals surface area contributed by atoms with Crippen molar-refractivity contribution in [1.82, 2.24) is 5.32 Å². The second kappa shape index (κ2) is 5.80. The molecule has 3 heteroatoms. The Balaban J connectivity index is 0.000000298. The zero-order valence-electron chi connectivity index (χ0n) is 12.9. The average molecular weight is 286 g/mol. The van der Waals surface area contributed by atoms with E-state index in [1.807, 2.05) is 0 Å². The van der Waals surface area contributed by atoms with Crippen LogP contribution < -0.4 is 11.1 Å². The van der Waals surface area contributed by atoms with E-state index < -0.39 is 0 Å². The van der Waals surface area contributed by atoms with Crippen molar-refractivity contribution in [3.05, 3.63) is 35.4 Å². The van der Waals surface area contributed by atoms with Gasteiger partial charge in [-0.25, -0.2) is 0 Å². The van der Waals surface area contributed by atoms with Crippen LogP contribution in [-0.2, 0) is 16.6 Å². The number of piperidine rings is 1. The van der Waals surface area contributed by atoms with Crippen molar-refractivity contribution in [3.8, 4) is 0 Å². The van der Waals surface area contributed by atoms with E-state index in [0.29, 0.717) is 5.41 Å². The summed E-state index contributed by atoms with van der Waals surface area (Å²) in [6, 6.07) is 10.0. The van der Waals surface area contributed by atoms with Crippen LogP contribution in [0, 0.1) is 5.92 Å². The first kappa shape index (κ1) is 14.6. The molecule has 2 fully saturated rings. The molecule has 1 amide bonds. The fraction of sp³-hybridized carbons (Fsp3) is 0.611. The maximum absolute atomic E-state index is 9.22. The number of nitrogens with two attached hydrogens (primary N) is 1. The Kier molecular flexibility index (Phi) is 4.03. The van der Waals surface area contributed by atoms with Gasteiger partial charge >= 0.3 is 0 Å². The van der Waals surface area contributed by atoms with Crippen molar-refractivity contribution in [3.63, 3.8) is 0 Å². The molecule has 0 unspecified atom stereocenters. The van der Waals surface area contributed by atoms with Gasteiger partial charge in [0.1, 0.15) is 0 Å². The van der Waals surface area contributed by atoms with Gasteiger partial charge in [-0.3, -0.25) is 4.79 Å². The normalized spacial score (nSPS) is 33.0. The number of fused-ring (bicyclic) bond motifs is 1. The molecule has 2 bridgehead atoms. The van der Waals surface area contributed by atoms with Gasteiger partial charge in [-0.2, -0.15) is 0 Å². The molecule has 0 radical (unpaired) electrons.